The number of phenols is 1. The van der Waals surface area contributed by atoms with E-state index < -0.39 is 0 Å². The molecule has 0 saturated heterocycles. The predicted molar refractivity (Wildman–Crippen MR) is 77.6 cm³/mol. The van der Waals surface area contributed by atoms with Gasteiger partial charge in [0.05, 0.1) is 0 Å². The second-order valence-electron chi connectivity index (χ2n) is 5.33. The Labute approximate surface area is 116 Å². The van der Waals surface area contributed by atoms with Crippen LogP contribution in [0.5, 0.6) is 11.5 Å². The zero-order valence-corrected chi connectivity index (χ0v) is 12.4. The summed E-state index contributed by atoms with van der Waals surface area (Å²) >= 11 is 0. The van der Waals surface area contributed by atoms with Gasteiger partial charge in [-0.05, 0) is 45.4 Å². The first-order valence-corrected chi connectivity index (χ1v) is 6.11. The number of rotatable bonds is 4. The fourth-order valence-corrected chi connectivity index (χ4v) is 1.71. The highest BCUT2D eigenvalue weighted by atomic mass is 35.5. The van der Waals surface area contributed by atoms with Crippen LogP contribution >= 0.6 is 12.4 Å². The fraction of sp³-hybridized carbons (Fsp3) is 0.571. The minimum atomic E-state index is -0.247. The van der Waals surface area contributed by atoms with Crippen LogP contribution in [0.1, 0.15) is 52.1 Å². The van der Waals surface area contributed by atoms with Crippen molar-refractivity contribution in [2.75, 3.05) is 0 Å². The van der Waals surface area contributed by atoms with Crippen LogP contribution in [0.15, 0.2) is 18.2 Å². The molecule has 3 N–H and O–H groups in total. The molecule has 0 unspecified atom stereocenters. The quantitative estimate of drug-likeness (QED) is 0.877. The number of nitrogens with two attached hydrogens (primary N) is 1. The Morgan fingerprint density at radius 2 is 1.94 bits per heavy atom. The van der Waals surface area contributed by atoms with Gasteiger partial charge in [-0.3, -0.25) is 0 Å². The molecule has 1 aromatic rings. The maximum Gasteiger partial charge on any atom is 0.120 e. The summed E-state index contributed by atoms with van der Waals surface area (Å²) in [6.45, 7) is 8.05. The van der Waals surface area contributed by atoms with Gasteiger partial charge >= 0.3 is 0 Å². The molecule has 3 nitrogen and oxygen atoms in total. The second-order valence-corrected chi connectivity index (χ2v) is 5.33. The van der Waals surface area contributed by atoms with E-state index in [4.69, 9.17) is 10.5 Å². The number of ether oxygens (including phenoxy) is 1. The van der Waals surface area contributed by atoms with E-state index in [1.54, 1.807) is 12.1 Å². The van der Waals surface area contributed by atoms with Gasteiger partial charge in [0.1, 0.15) is 17.1 Å². The second kappa shape index (κ2) is 6.86. The smallest absolute Gasteiger partial charge is 0.120 e. The summed E-state index contributed by atoms with van der Waals surface area (Å²) in [5.41, 5.74) is 6.53. The first-order valence-electron chi connectivity index (χ1n) is 6.11. The lowest BCUT2D eigenvalue weighted by Gasteiger charge is -2.22. The monoisotopic (exact) mass is 273 g/mol. The number of halogens is 1. The summed E-state index contributed by atoms with van der Waals surface area (Å²) in [7, 11) is 0. The molecule has 0 amide bonds. The molecule has 0 aliphatic heterocycles. The molecule has 18 heavy (non-hydrogen) atoms. The van der Waals surface area contributed by atoms with E-state index in [1.807, 2.05) is 26.8 Å². The van der Waals surface area contributed by atoms with Crippen LogP contribution in [0, 0.1) is 0 Å². The minimum Gasteiger partial charge on any atom is -0.508 e. The lowest BCUT2D eigenvalue weighted by molar-refractivity contribution is 0.130. The Kier molecular flexibility index (Phi) is 6.50. The molecule has 0 aliphatic carbocycles. The summed E-state index contributed by atoms with van der Waals surface area (Å²) < 4.78 is 5.76. The lowest BCUT2D eigenvalue weighted by atomic mass is 10.0. The van der Waals surface area contributed by atoms with Crippen molar-refractivity contribution >= 4 is 12.4 Å². The minimum absolute atomic E-state index is 0. The molecule has 4 heteroatoms. The van der Waals surface area contributed by atoms with Gasteiger partial charge in [0, 0.05) is 11.6 Å². The van der Waals surface area contributed by atoms with Crippen LogP contribution in [0.2, 0.25) is 0 Å². The number of hydrogen-bond acceptors (Lipinski definition) is 3. The SMILES string of the molecule is CCC[C@H](N)c1cc(OC(C)(C)C)ccc1O.Cl. The Morgan fingerprint density at radius 1 is 1.33 bits per heavy atom. The molecule has 0 fully saturated rings. The van der Waals surface area contributed by atoms with Crippen LogP contribution in [0.4, 0.5) is 0 Å². The summed E-state index contributed by atoms with van der Waals surface area (Å²) in [5.74, 6) is 0.990. The van der Waals surface area contributed by atoms with Crippen molar-refractivity contribution in [3.8, 4) is 11.5 Å². The maximum atomic E-state index is 9.79. The van der Waals surface area contributed by atoms with Gasteiger partial charge in [-0.25, -0.2) is 0 Å². The normalized spacial score (nSPS) is 12.7. The van der Waals surface area contributed by atoms with Crippen LogP contribution in [-0.2, 0) is 0 Å². The number of benzene rings is 1. The third-order valence-electron chi connectivity index (χ3n) is 2.42. The van der Waals surface area contributed by atoms with Crippen molar-refractivity contribution < 1.29 is 9.84 Å². The van der Waals surface area contributed by atoms with Gasteiger partial charge < -0.3 is 15.6 Å². The molecule has 0 bridgehead atoms. The lowest BCUT2D eigenvalue weighted by Crippen LogP contribution is -2.23. The van der Waals surface area contributed by atoms with Crippen molar-refractivity contribution in [2.24, 2.45) is 5.73 Å². The molecule has 0 aliphatic rings. The zero-order valence-electron chi connectivity index (χ0n) is 11.6. The van der Waals surface area contributed by atoms with E-state index in [0.29, 0.717) is 0 Å². The van der Waals surface area contributed by atoms with Gasteiger partial charge in [-0.15, -0.1) is 12.4 Å². The average Bonchev–Trinajstić information content (AvgIpc) is 2.19. The van der Waals surface area contributed by atoms with Crippen LogP contribution in [0.3, 0.4) is 0 Å². The highest BCUT2D eigenvalue weighted by Crippen LogP contribution is 2.30. The van der Waals surface area contributed by atoms with Gasteiger partial charge in [-0.2, -0.15) is 0 Å². The molecular weight excluding hydrogens is 250 g/mol. The summed E-state index contributed by atoms with van der Waals surface area (Å²) in [6, 6.07) is 5.11. The highest BCUT2D eigenvalue weighted by Gasteiger charge is 2.15. The molecule has 0 heterocycles. The van der Waals surface area contributed by atoms with Crippen molar-refractivity contribution in [3.63, 3.8) is 0 Å². The van der Waals surface area contributed by atoms with Crippen LogP contribution in [-0.4, -0.2) is 10.7 Å². The largest absolute Gasteiger partial charge is 0.508 e. The Morgan fingerprint density at radius 3 is 2.44 bits per heavy atom. The van der Waals surface area contributed by atoms with E-state index in [-0.39, 0.29) is 29.8 Å². The maximum absolute atomic E-state index is 9.79. The third kappa shape index (κ3) is 5.15. The molecule has 1 aromatic carbocycles. The summed E-state index contributed by atoms with van der Waals surface area (Å²) in [6.07, 6.45) is 1.84. The van der Waals surface area contributed by atoms with Crippen LogP contribution in [0.25, 0.3) is 0 Å². The van der Waals surface area contributed by atoms with Crippen molar-refractivity contribution in [3.05, 3.63) is 23.8 Å². The Balaban J connectivity index is 0.00000289. The van der Waals surface area contributed by atoms with E-state index >= 15 is 0 Å². The number of aromatic hydroxyl groups is 1. The standard InChI is InChI=1S/C14H23NO2.ClH/c1-5-6-12(15)11-9-10(7-8-13(11)16)17-14(2,3)4;/h7-9,12,16H,5-6,15H2,1-4H3;1H/t12-;/m0./s1. The zero-order chi connectivity index (χ0) is 13.1. The topological polar surface area (TPSA) is 55.5 Å². The molecule has 0 saturated carbocycles. The molecule has 0 spiro atoms. The fourth-order valence-electron chi connectivity index (χ4n) is 1.71. The van der Waals surface area contributed by atoms with E-state index in [9.17, 15) is 5.11 Å². The van der Waals surface area contributed by atoms with E-state index in [2.05, 4.69) is 6.92 Å². The third-order valence-corrected chi connectivity index (χ3v) is 2.42. The van der Waals surface area contributed by atoms with Gasteiger partial charge in [0.15, 0.2) is 0 Å². The van der Waals surface area contributed by atoms with Gasteiger partial charge in [-0.1, -0.05) is 13.3 Å². The predicted octanol–water partition coefficient (Wildman–Crippen LogP) is 3.79. The molecular formula is C14H24ClNO2. The van der Waals surface area contributed by atoms with Crippen LogP contribution < -0.4 is 10.5 Å². The molecule has 104 valence electrons. The van der Waals surface area contributed by atoms with Gasteiger partial charge in [0.25, 0.3) is 0 Å². The molecule has 0 aromatic heterocycles. The molecule has 0 radical (unpaired) electrons. The highest BCUT2D eigenvalue weighted by molar-refractivity contribution is 5.85. The Bertz CT molecular complexity index is 375. The van der Waals surface area contributed by atoms with Crippen molar-refractivity contribution in [1.82, 2.24) is 0 Å². The van der Waals surface area contributed by atoms with Crippen molar-refractivity contribution in [2.45, 2.75) is 52.2 Å². The molecule has 1 rings (SSSR count). The number of hydrogen-bond donors (Lipinski definition) is 2. The first-order chi connectivity index (χ1) is 7.83. The molecule has 1 atom stereocenters. The number of phenolic OH excluding ortho intramolecular Hbond substituents is 1. The summed E-state index contributed by atoms with van der Waals surface area (Å²) in [5, 5.41) is 9.79. The first kappa shape index (κ1) is 17.1. The van der Waals surface area contributed by atoms with Gasteiger partial charge in [0.2, 0.25) is 0 Å². The average molecular weight is 274 g/mol. The van der Waals surface area contributed by atoms with E-state index in [1.165, 1.54) is 0 Å². The Hall–Kier alpha value is -0.930. The van der Waals surface area contributed by atoms with Crippen molar-refractivity contribution in [1.29, 1.82) is 0 Å². The summed E-state index contributed by atoms with van der Waals surface area (Å²) in [4.78, 5) is 0. The van der Waals surface area contributed by atoms with E-state index in [0.717, 1.165) is 24.2 Å².